The van der Waals surface area contributed by atoms with Crippen LogP contribution in [-0.2, 0) is 0 Å². The van der Waals surface area contributed by atoms with Crippen LogP contribution in [0.4, 0.5) is 11.4 Å². The van der Waals surface area contributed by atoms with Crippen molar-refractivity contribution >= 4 is 22.3 Å². The number of nitrogens with one attached hydrogen (secondary N) is 1. The first kappa shape index (κ1) is 14.2. The van der Waals surface area contributed by atoms with E-state index in [0.717, 1.165) is 25.2 Å². The van der Waals surface area contributed by atoms with Gasteiger partial charge in [0.05, 0.1) is 16.0 Å². The average Bonchev–Trinajstić information content (AvgIpc) is 2.46. The second kappa shape index (κ2) is 6.29. The highest BCUT2D eigenvalue weighted by atomic mass is 16.6. The van der Waals surface area contributed by atoms with Crippen LogP contribution in [0.25, 0.3) is 10.9 Å². The molecule has 0 aliphatic heterocycles. The summed E-state index contributed by atoms with van der Waals surface area (Å²) in [5.74, 6) is 0. The zero-order valence-electron chi connectivity index (χ0n) is 11.7. The molecule has 2 aromatic rings. The third-order valence-corrected chi connectivity index (χ3v) is 3.25. The van der Waals surface area contributed by atoms with Gasteiger partial charge in [0.2, 0.25) is 0 Å². The largest absolute Gasteiger partial charge is 0.373 e. The molecule has 0 aliphatic carbocycles. The van der Waals surface area contributed by atoms with E-state index in [0.29, 0.717) is 10.9 Å². The molecule has 0 atom stereocenters. The fraction of sp³-hybridized carbons (Fsp3) is 0.357. The predicted molar refractivity (Wildman–Crippen MR) is 80.2 cm³/mol. The third-order valence-electron chi connectivity index (χ3n) is 3.25. The summed E-state index contributed by atoms with van der Waals surface area (Å²) in [6.07, 6.45) is 2.66. The summed E-state index contributed by atoms with van der Waals surface area (Å²) in [6.45, 7) is 1.80. The Morgan fingerprint density at radius 2 is 2.20 bits per heavy atom. The molecule has 0 bridgehead atoms. The molecule has 1 aromatic carbocycles. The van der Waals surface area contributed by atoms with Crippen molar-refractivity contribution in [2.45, 2.75) is 6.42 Å². The van der Waals surface area contributed by atoms with Gasteiger partial charge in [0.25, 0.3) is 5.69 Å². The Hall–Kier alpha value is -2.21. The summed E-state index contributed by atoms with van der Waals surface area (Å²) in [5, 5.41) is 14.7. The van der Waals surface area contributed by atoms with Gasteiger partial charge in [-0.05, 0) is 38.2 Å². The van der Waals surface area contributed by atoms with Crippen LogP contribution in [-0.4, -0.2) is 37.1 Å². The monoisotopic (exact) mass is 274 g/mol. The Kier molecular flexibility index (Phi) is 4.47. The molecule has 0 fully saturated rings. The summed E-state index contributed by atoms with van der Waals surface area (Å²) in [7, 11) is 3.90. The first-order valence-electron chi connectivity index (χ1n) is 6.53. The summed E-state index contributed by atoms with van der Waals surface area (Å²) >= 11 is 0. The van der Waals surface area contributed by atoms with Gasteiger partial charge in [-0.15, -0.1) is 0 Å². The maximum Gasteiger partial charge on any atom is 0.278 e. The van der Waals surface area contributed by atoms with E-state index >= 15 is 0 Å². The smallest absolute Gasteiger partial charge is 0.278 e. The van der Waals surface area contributed by atoms with Crippen molar-refractivity contribution in [2.75, 3.05) is 32.1 Å². The number of hydrogen-bond donors (Lipinski definition) is 1. The van der Waals surface area contributed by atoms with E-state index in [9.17, 15) is 10.1 Å². The van der Waals surface area contributed by atoms with Crippen LogP contribution in [0.1, 0.15) is 6.42 Å². The molecular formula is C14H18N4O2. The van der Waals surface area contributed by atoms with Crippen molar-refractivity contribution in [3.05, 3.63) is 40.6 Å². The topological polar surface area (TPSA) is 71.3 Å². The van der Waals surface area contributed by atoms with Gasteiger partial charge in [-0.3, -0.25) is 15.1 Å². The molecule has 0 amide bonds. The number of aromatic nitrogens is 1. The number of non-ortho nitro benzene ring substituents is 1. The van der Waals surface area contributed by atoms with Crippen molar-refractivity contribution in [2.24, 2.45) is 0 Å². The number of fused-ring (bicyclic) bond motifs is 1. The van der Waals surface area contributed by atoms with Gasteiger partial charge < -0.3 is 10.2 Å². The van der Waals surface area contributed by atoms with Crippen LogP contribution < -0.4 is 10.2 Å². The highest BCUT2D eigenvalue weighted by Gasteiger charge is 2.16. The number of rotatable bonds is 6. The SMILES string of the molecule is CNCCCN(C)c1ccc([N+](=O)[O-])c2cccnc12. The molecule has 6 nitrogen and oxygen atoms in total. The summed E-state index contributed by atoms with van der Waals surface area (Å²) in [5.41, 5.74) is 1.69. The van der Waals surface area contributed by atoms with Gasteiger partial charge in [-0.25, -0.2) is 0 Å². The minimum Gasteiger partial charge on any atom is -0.373 e. The van der Waals surface area contributed by atoms with Crippen molar-refractivity contribution < 1.29 is 4.92 Å². The number of nitrogens with zero attached hydrogens (tertiary/aromatic N) is 3. The fourth-order valence-electron chi connectivity index (χ4n) is 2.22. The third kappa shape index (κ3) is 2.85. The Labute approximate surface area is 117 Å². The number of nitro groups is 1. The average molecular weight is 274 g/mol. The quantitative estimate of drug-likeness (QED) is 0.496. The van der Waals surface area contributed by atoms with E-state index in [-0.39, 0.29) is 10.6 Å². The molecule has 0 spiro atoms. The Balaban J connectivity index is 2.40. The molecule has 0 saturated heterocycles. The summed E-state index contributed by atoms with van der Waals surface area (Å²) in [4.78, 5) is 17.1. The van der Waals surface area contributed by atoms with E-state index in [2.05, 4.69) is 15.2 Å². The van der Waals surface area contributed by atoms with Crippen molar-refractivity contribution in [1.82, 2.24) is 10.3 Å². The van der Waals surface area contributed by atoms with E-state index in [1.54, 1.807) is 30.5 Å². The van der Waals surface area contributed by atoms with Crippen LogP contribution >= 0.6 is 0 Å². The van der Waals surface area contributed by atoms with Crippen molar-refractivity contribution in [1.29, 1.82) is 0 Å². The zero-order chi connectivity index (χ0) is 14.5. The maximum atomic E-state index is 11.1. The first-order chi connectivity index (χ1) is 9.65. The molecule has 0 aliphatic rings. The lowest BCUT2D eigenvalue weighted by atomic mass is 10.1. The summed E-state index contributed by atoms with van der Waals surface area (Å²) in [6, 6.07) is 6.78. The Morgan fingerprint density at radius 3 is 2.90 bits per heavy atom. The second-order valence-corrected chi connectivity index (χ2v) is 4.64. The lowest BCUT2D eigenvalue weighted by Crippen LogP contribution is -2.22. The van der Waals surface area contributed by atoms with Crippen LogP contribution in [0.3, 0.4) is 0 Å². The minimum atomic E-state index is -0.366. The van der Waals surface area contributed by atoms with E-state index in [1.165, 1.54) is 0 Å². The lowest BCUT2D eigenvalue weighted by molar-refractivity contribution is -0.383. The van der Waals surface area contributed by atoms with Crippen LogP contribution in [0.2, 0.25) is 0 Å². The highest BCUT2D eigenvalue weighted by Crippen LogP contribution is 2.31. The minimum absolute atomic E-state index is 0.0977. The molecule has 1 heterocycles. The fourth-order valence-corrected chi connectivity index (χ4v) is 2.22. The van der Waals surface area contributed by atoms with E-state index in [4.69, 9.17) is 0 Å². The summed E-state index contributed by atoms with van der Waals surface area (Å²) < 4.78 is 0. The maximum absolute atomic E-state index is 11.1. The number of benzene rings is 1. The van der Waals surface area contributed by atoms with Gasteiger partial charge in [0.1, 0.15) is 5.52 Å². The van der Waals surface area contributed by atoms with Crippen LogP contribution in [0, 0.1) is 10.1 Å². The normalized spacial score (nSPS) is 10.7. The predicted octanol–water partition coefficient (Wildman–Crippen LogP) is 2.19. The number of hydrogen-bond acceptors (Lipinski definition) is 5. The molecule has 1 aromatic heterocycles. The van der Waals surface area contributed by atoms with Gasteiger partial charge in [0.15, 0.2) is 0 Å². The highest BCUT2D eigenvalue weighted by molar-refractivity contribution is 5.96. The molecule has 0 radical (unpaired) electrons. The van der Waals surface area contributed by atoms with Crippen LogP contribution in [0.5, 0.6) is 0 Å². The molecule has 0 unspecified atom stereocenters. The molecule has 20 heavy (non-hydrogen) atoms. The van der Waals surface area contributed by atoms with Gasteiger partial charge in [-0.1, -0.05) is 0 Å². The first-order valence-corrected chi connectivity index (χ1v) is 6.53. The standard InChI is InChI=1S/C14H18N4O2/c1-15-8-4-10-17(2)13-7-6-12(18(19)20)11-5-3-9-16-14(11)13/h3,5-7,9,15H,4,8,10H2,1-2H3. The molecule has 2 rings (SSSR count). The van der Waals surface area contributed by atoms with Gasteiger partial charge >= 0.3 is 0 Å². The number of pyridine rings is 1. The zero-order valence-corrected chi connectivity index (χ0v) is 11.7. The molecule has 1 N–H and O–H groups in total. The second-order valence-electron chi connectivity index (χ2n) is 4.64. The molecule has 0 saturated carbocycles. The van der Waals surface area contributed by atoms with E-state index < -0.39 is 0 Å². The van der Waals surface area contributed by atoms with Crippen LogP contribution in [0.15, 0.2) is 30.5 Å². The molecule has 6 heteroatoms. The number of anilines is 1. The van der Waals surface area contributed by atoms with Crippen molar-refractivity contribution in [3.8, 4) is 0 Å². The lowest BCUT2D eigenvalue weighted by Gasteiger charge is -2.20. The van der Waals surface area contributed by atoms with Gasteiger partial charge in [0, 0.05) is 25.9 Å². The van der Waals surface area contributed by atoms with Crippen molar-refractivity contribution in [3.63, 3.8) is 0 Å². The van der Waals surface area contributed by atoms with E-state index in [1.807, 2.05) is 14.1 Å². The Morgan fingerprint density at radius 1 is 1.40 bits per heavy atom. The molecular weight excluding hydrogens is 256 g/mol. The Bertz CT molecular complexity index is 615. The number of nitro benzene ring substituents is 1. The molecule has 106 valence electrons. The van der Waals surface area contributed by atoms with Gasteiger partial charge in [-0.2, -0.15) is 0 Å².